The van der Waals surface area contributed by atoms with Crippen LogP contribution < -0.4 is 5.73 Å². The van der Waals surface area contributed by atoms with Gasteiger partial charge < -0.3 is 10.5 Å². The van der Waals surface area contributed by atoms with Gasteiger partial charge in [0.1, 0.15) is 0 Å². The first-order valence-corrected chi connectivity index (χ1v) is 6.68. The van der Waals surface area contributed by atoms with E-state index in [4.69, 9.17) is 10.5 Å². The lowest BCUT2D eigenvalue weighted by atomic mass is 9.92. The summed E-state index contributed by atoms with van der Waals surface area (Å²) in [6.45, 7) is 3.01. The van der Waals surface area contributed by atoms with Gasteiger partial charge in [-0.3, -0.25) is 0 Å². The minimum Gasteiger partial charge on any atom is -0.378 e. The third kappa shape index (κ3) is 2.24. The van der Waals surface area contributed by atoms with Crippen molar-refractivity contribution in [1.82, 2.24) is 0 Å². The van der Waals surface area contributed by atoms with Crippen molar-refractivity contribution in [3.05, 3.63) is 35.9 Å². The van der Waals surface area contributed by atoms with Crippen molar-refractivity contribution < 1.29 is 4.74 Å². The lowest BCUT2D eigenvalue weighted by Crippen LogP contribution is -2.33. The third-order valence-electron chi connectivity index (χ3n) is 4.34. The van der Waals surface area contributed by atoms with Gasteiger partial charge in [0.25, 0.3) is 0 Å². The van der Waals surface area contributed by atoms with Gasteiger partial charge in [0, 0.05) is 12.0 Å². The lowest BCUT2D eigenvalue weighted by Gasteiger charge is -2.17. The molecule has 3 rings (SSSR count). The fourth-order valence-electron chi connectivity index (χ4n) is 3.19. The van der Waals surface area contributed by atoms with E-state index in [1.807, 2.05) is 0 Å². The Kier molecular flexibility index (Phi) is 2.93. The number of benzene rings is 1. The Balaban J connectivity index is 1.61. The first-order chi connectivity index (χ1) is 8.25. The molecule has 2 N–H and O–H groups in total. The highest BCUT2D eigenvalue weighted by Gasteiger charge is 2.46. The zero-order valence-corrected chi connectivity index (χ0v) is 10.4. The Bertz CT molecular complexity index is 378. The second kappa shape index (κ2) is 4.43. The van der Waals surface area contributed by atoms with E-state index in [1.165, 1.54) is 12.0 Å². The van der Waals surface area contributed by atoms with Crippen molar-refractivity contribution in [2.24, 2.45) is 17.6 Å². The molecular formula is C15H21NO. The van der Waals surface area contributed by atoms with Gasteiger partial charge >= 0.3 is 0 Å². The van der Waals surface area contributed by atoms with Crippen molar-refractivity contribution in [2.45, 2.75) is 37.8 Å². The largest absolute Gasteiger partial charge is 0.378 e. The van der Waals surface area contributed by atoms with E-state index in [0.29, 0.717) is 29.9 Å². The highest BCUT2D eigenvalue weighted by molar-refractivity contribution is 5.26. The molecule has 0 amide bonds. The van der Waals surface area contributed by atoms with Crippen LogP contribution in [0.3, 0.4) is 0 Å². The normalized spacial score (nSPS) is 38.0. The van der Waals surface area contributed by atoms with Crippen LogP contribution in [-0.2, 0) is 4.74 Å². The molecule has 1 heterocycles. The third-order valence-corrected chi connectivity index (χ3v) is 4.34. The predicted octanol–water partition coefficient (Wildman–Crippen LogP) is 2.54. The van der Waals surface area contributed by atoms with Crippen LogP contribution in [0.25, 0.3) is 0 Å². The maximum Gasteiger partial charge on any atom is 0.0551 e. The number of rotatable bonds is 3. The van der Waals surface area contributed by atoms with E-state index < -0.39 is 0 Å². The maximum absolute atomic E-state index is 6.39. The van der Waals surface area contributed by atoms with Crippen LogP contribution in [0.4, 0.5) is 0 Å². The summed E-state index contributed by atoms with van der Waals surface area (Å²) in [5.74, 6) is 1.95. The molecule has 0 spiro atoms. The Morgan fingerprint density at radius 3 is 2.65 bits per heavy atom. The summed E-state index contributed by atoms with van der Waals surface area (Å²) >= 11 is 0. The molecule has 1 saturated heterocycles. The van der Waals surface area contributed by atoms with Crippen LogP contribution >= 0.6 is 0 Å². The fourth-order valence-corrected chi connectivity index (χ4v) is 3.19. The molecule has 2 nitrogen and oxygen atoms in total. The second-order valence-electron chi connectivity index (χ2n) is 5.63. The average Bonchev–Trinajstić information content (AvgIpc) is 3.05. The van der Waals surface area contributed by atoms with Gasteiger partial charge in [-0.15, -0.1) is 0 Å². The number of hydrogen-bond acceptors (Lipinski definition) is 2. The second-order valence-corrected chi connectivity index (χ2v) is 5.63. The Hall–Kier alpha value is -0.860. The van der Waals surface area contributed by atoms with E-state index in [9.17, 15) is 0 Å². The lowest BCUT2D eigenvalue weighted by molar-refractivity contribution is 0.117. The monoisotopic (exact) mass is 231 g/mol. The van der Waals surface area contributed by atoms with Crippen molar-refractivity contribution in [2.75, 3.05) is 6.61 Å². The minimum atomic E-state index is 0.324. The molecular weight excluding hydrogens is 210 g/mol. The fraction of sp³-hybridized carbons (Fsp3) is 0.600. The molecule has 2 heteroatoms. The molecule has 0 radical (unpaired) electrons. The van der Waals surface area contributed by atoms with Gasteiger partial charge in [-0.2, -0.15) is 0 Å². The van der Waals surface area contributed by atoms with Crippen molar-refractivity contribution in [1.29, 1.82) is 0 Å². The van der Waals surface area contributed by atoms with Gasteiger partial charge in [0.15, 0.2) is 0 Å². The van der Waals surface area contributed by atoms with Crippen LogP contribution in [0.15, 0.2) is 30.3 Å². The first-order valence-electron chi connectivity index (χ1n) is 6.68. The minimum absolute atomic E-state index is 0.324. The van der Waals surface area contributed by atoms with Crippen LogP contribution in [0.2, 0.25) is 0 Å². The molecule has 2 fully saturated rings. The molecule has 0 aromatic heterocycles. The first kappa shape index (κ1) is 11.2. The molecule has 92 valence electrons. The maximum atomic E-state index is 6.39. The van der Waals surface area contributed by atoms with Crippen LogP contribution in [0.1, 0.15) is 31.2 Å². The van der Waals surface area contributed by atoms with E-state index >= 15 is 0 Å². The molecule has 17 heavy (non-hydrogen) atoms. The molecule has 1 aromatic rings. The topological polar surface area (TPSA) is 35.2 Å². The van der Waals surface area contributed by atoms with E-state index in [-0.39, 0.29) is 0 Å². The number of hydrogen-bond donors (Lipinski definition) is 1. The standard InChI is InChI=1S/C15H21NO/c1-10-7-12(9-17-10)15(16)14-8-13(14)11-5-3-2-4-6-11/h2-6,10,12-15H,7-9,16H2,1H3. The highest BCUT2D eigenvalue weighted by Crippen LogP contribution is 2.51. The number of nitrogens with two attached hydrogens (primary N) is 1. The number of ether oxygens (including phenoxy) is 1. The van der Waals surface area contributed by atoms with Crippen molar-refractivity contribution in [3.8, 4) is 0 Å². The Morgan fingerprint density at radius 2 is 2.00 bits per heavy atom. The zero-order chi connectivity index (χ0) is 11.8. The smallest absolute Gasteiger partial charge is 0.0551 e. The summed E-state index contributed by atoms with van der Waals surface area (Å²) in [5.41, 5.74) is 7.85. The summed E-state index contributed by atoms with van der Waals surface area (Å²) in [6, 6.07) is 11.1. The molecule has 5 atom stereocenters. The molecule has 1 saturated carbocycles. The quantitative estimate of drug-likeness (QED) is 0.867. The van der Waals surface area contributed by atoms with E-state index in [0.717, 1.165) is 13.0 Å². The van der Waals surface area contributed by atoms with E-state index in [2.05, 4.69) is 37.3 Å². The SMILES string of the molecule is CC1CC(C(N)C2CC2c2ccccc2)CO1. The molecule has 2 aliphatic rings. The Morgan fingerprint density at radius 1 is 1.24 bits per heavy atom. The van der Waals surface area contributed by atoms with Gasteiger partial charge in [-0.1, -0.05) is 30.3 Å². The molecule has 1 aromatic carbocycles. The van der Waals surface area contributed by atoms with Gasteiger partial charge in [0.05, 0.1) is 12.7 Å². The molecule has 0 bridgehead atoms. The summed E-state index contributed by atoms with van der Waals surface area (Å²) in [4.78, 5) is 0. The summed E-state index contributed by atoms with van der Waals surface area (Å²) in [7, 11) is 0. The molecule has 5 unspecified atom stereocenters. The molecule has 1 aliphatic carbocycles. The van der Waals surface area contributed by atoms with Gasteiger partial charge in [-0.25, -0.2) is 0 Å². The average molecular weight is 231 g/mol. The van der Waals surface area contributed by atoms with Gasteiger partial charge in [-0.05, 0) is 37.2 Å². The van der Waals surface area contributed by atoms with Gasteiger partial charge in [0.2, 0.25) is 0 Å². The van der Waals surface area contributed by atoms with Crippen molar-refractivity contribution >= 4 is 0 Å². The van der Waals surface area contributed by atoms with Crippen LogP contribution in [0.5, 0.6) is 0 Å². The summed E-state index contributed by atoms with van der Waals surface area (Å²) in [6.07, 6.45) is 2.80. The highest BCUT2D eigenvalue weighted by atomic mass is 16.5. The zero-order valence-electron chi connectivity index (χ0n) is 10.4. The van der Waals surface area contributed by atoms with Crippen molar-refractivity contribution in [3.63, 3.8) is 0 Å². The Labute approximate surface area is 103 Å². The predicted molar refractivity (Wildman–Crippen MR) is 68.8 cm³/mol. The van der Waals surface area contributed by atoms with E-state index in [1.54, 1.807) is 0 Å². The van der Waals surface area contributed by atoms with Crippen LogP contribution in [-0.4, -0.2) is 18.8 Å². The summed E-state index contributed by atoms with van der Waals surface area (Å²) < 4.78 is 5.63. The summed E-state index contributed by atoms with van der Waals surface area (Å²) in [5, 5.41) is 0. The molecule has 1 aliphatic heterocycles. The van der Waals surface area contributed by atoms with Crippen LogP contribution in [0, 0.1) is 11.8 Å².